The second kappa shape index (κ2) is 7.26. The molecule has 2 heterocycles. The molecule has 0 spiro atoms. The van der Waals surface area contributed by atoms with Crippen LogP contribution in [0.5, 0.6) is 0 Å². The van der Waals surface area contributed by atoms with Gasteiger partial charge < -0.3 is 10.2 Å². The number of rotatable bonds is 3. The summed E-state index contributed by atoms with van der Waals surface area (Å²) >= 11 is 0. The Balaban J connectivity index is 1.40. The minimum Gasteiger partial charge on any atom is -0.335 e. The van der Waals surface area contributed by atoms with Gasteiger partial charge in [0, 0.05) is 25.3 Å². The number of hydrogen-bond donors (Lipinski definition) is 1. The molecule has 1 N–H and O–H groups in total. The summed E-state index contributed by atoms with van der Waals surface area (Å²) in [6, 6.07) is 8.46. The Labute approximate surface area is 155 Å². The van der Waals surface area contributed by atoms with Gasteiger partial charge in [-0.2, -0.15) is 5.26 Å². The van der Waals surface area contributed by atoms with Gasteiger partial charge >= 0.3 is 6.03 Å². The molecule has 0 aromatic carbocycles. The molecule has 4 rings (SSSR count). The maximum Gasteiger partial charge on any atom is 0.317 e. The lowest BCUT2D eigenvalue weighted by atomic mass is 9.78. The van der Waals surface area contributed by atoms with Gasteiger partial charge in [0.1, 0.15) is 5.41 Å². The first-order chi connectivity index (χ1) is 12.7. The summed E-state index contributed by atoms with van der Waals surface area (Å²) in [6.07, 6.45) is 10.9. The monoisotopic (exact) mass is 352 g/mol. The SMILES string of the molecule is N#CC1(c2ccccn2)CCCN(C(=O)N[C@@H]2CCC[C@H](C3CC3)C2)C1. The molecule has 0 radical (unpaired) electrons. The number of nitrogens with zero attached hydrogens (tertiary/aromatic N) is 3. The summed E-state index contributed by atoms with van der Waals surface area (Å²) in [5, 5.41) is 13.1. The van der Waals surface area contributed by atoms with E-state index in [1.807, 2.05) is 23.1 Å². The van der Waals surface area contributed by atoms with Gasteiger partial charge in [-0.25, -0.2) is 4.79 Å². The molecule has 1 saturated heterocycles. The molecule has 1 aliphatic heterocycles. The molecule has 5 nitrogen and oxygen atoms in total. The number of nitriles is 1. The van der Waals surface area contributed by atoms with Gasteiger partial charge in [0.15, 0.2) is 0 Å². The number of likely N-dealkylation sites (tertiary alicyclic amines) is 1. The molecule has 3 atom stereocenters. The fraction of sp³-hybridized carbons (Fsp3) is 0.667. The average Bonchev–Trinajstić information content (AvgIpc) is 3.54. The highest BCUT2D eigenvalue weighted by atomic mass is 16.2. The van der Waals surface area contributed by atoms with Crippen LogP contribution in [-0.4, -0.2) is 35.0 Å². The molecule has 3 fully saturated rings. The van der Waals surface area contributed by atoms with Crippen molar-refractivity contribution in [1.29, 1.82) is 5.26 Å². The van der Waals surface area contributed by atoms with Crippen molar-refractivity contribution < 1.29 is 4.79 Å². The van der Waals surface area contributed by atoms with E-state index in [0.717, 1.165) is 49.8 Å². The van der Waals surface area contributed by atoms with E-state index in [1.54, 1.807) is 6.20 Å². The van der Waals surface area contributed by atoms with Gasteiger partial charge in [0.25, 0.3) is 0 Å². The zero-order valence-corrected chi connectivity index (χ0v) is 15.4. The van der Waals surface area contributed by atoms with Crippen LogP contribution in [0.4, 0.5) is 4.79 Å². The largest absolute Gasteiger partial charge is 0.335 e. The summed E-state index contributed by atoms with van der Waals surface area (Å²) < 4.78 is 0. The Kier molecular flexibility index (Phi) is 4.84. The molecule has 3 aliphatic rings. The van der Waals surface area contributed by atoms with Crippen LogP contribution in [-0.2, 0) is 5.41 Å². The summed E-state index contributed by atoms with van der Waals surface area (Å²) in [6.45, 7) is 1.16. The smallest absolute Gasteiger partial charge is 0.317 e. The number of carbonyl (C=O) groups is 1. The Bertz CT molecular complexity index is 681. The molecule has 0 bridgehead atoms. The third-order valence-electron chi connectivity index (χ3n) is 6.48. The van der Waals surface area contributed by atoms with E-state index in [2.05, 4.69) is 16.4 Å². The zero-order chi connectivity index (χ0) is 18.0. The fourth-order valence-corrected chi connectivity index (χ4v) is 4.85. The van der Waals surface area contributed by atoms with Crippen molar-refractivity contribution in [1.82, 2.24) is 15.2 Å². The molecule has 1 aromatic rings. The number of nitrogens with one attached hydrogen (secondary N) is 1. The van der Waals surface area contributed by atoms with Crippen LogP contribution in [0.25, 0.3) is 0 Å². The molecule has 2 saturated carbocycles. The van der Waals surface area contributed by atoms with E-state index in [0.29, 0.717) is 12.6 Å². The van der Waals surface area contributed by atoms with Crippen LogP contribution in [0.2, 0.25) is 0 Å². The molecule has 5 heteroatoms. The van der Waals surface area contributed by atoms with Crippen LogP contribution in [0.15, 0.2) is 24.4 Å². The van der Waals surface area contributed by atoms with E-state index < -0.39 is 5.41 Å². The van der Waals surface area contributed by atoms with Crippen LogP contribution in [0.1, 0.15) is 57.1 Å². The summed E-state index contributed by atoms with van der Waals surface area (Å²) in [7, 11) is 0. The second-order valence-electron chi connectivity index (χ2n) is 8.34. The van der Waals surface area contributed by atoms with E-state index in [9.17, 15) is 10.1 Å². The molecule has 1 aromatic heterocycles. The first-order valence-corrected chi connectivity index (χ1v) is 10.1. The van der Waals surface area contributed by atoms with Crippen molar-refractivity contribution in [3.05, 3.63) is 30.1 Å². The zero-order valence-electron chi connectivity index (χ0n) is 15.4. The van der Waals surface area contributed by atoms with Gasteiger partial charge in [-0.1, -0.05) is 18.9 Å². The third kappa shape index (κ3) is 3.56. The highest BCUT2D eigenvalue weighted by molar-refractivity contribution is 5.75. The van der Waals surface area contributed by atoms with E-state index in [-0.39, 0.29) is 6.03 Å². The number of aromatic nitrogens is 1. The normalized spacial score (nSPS) is 31.9. The van der Waals surface area contributed by atoms with Gasteiger partial charge in [-0.05, 0) is 62.5 Å². The van der Waals surface area contributed by atoms with Gasteiger partial charge in [-0.15, -0.1) is 0 Å². The Hall–Kier alpha value is -2.09. The predicted octanol–water partition coefficient (Wildman–Crippen LogP) is 3.62. The lowest BCUT2D eigenvalue weighted by molar-refractivity contribution is 0.155. The minimum atomic E-state index is -0.681. The van der Waals surface area contributed by atoms with Gasteiger partial charge in [0.2, 0.25) is 0 Å². The van der Waals surface area contributed by atoms with E-state index >= 15 is 0 Å². The number of urea groups is 1. The standard InChI is InChI=1S/C21H28N4O/c22-14-21(19-7-1-2-11-23-19)10-4-12-25(15-21)20(26)24-18-6-3-5-17(13-18)16-8-9-16/h1-2,7,11,16-18H,3-6,8-10,12-13,15H2,(H,24,26)/t17-,18+,21?/m0/s1. The number of carbonyl (C=O) groups excluding carboxylic acids is 1. The molecular formula is C21H28N4O. The minimum absolute atomic E-state index is 0.00158. The molecule has 26 heavy (non-hydrogen) atoms. The number of piperidine rings is 1. The first-order valence-electron chi connectivity index (χ1n) is 10.1. The highest BCUT2D eigenvalue weighted by Gasteiger charge is 2.41. The van der Waals surface area contributed by atoms with Crippen molar-refractivity contribution in [3.8, 4) is 6.07 Å². The van der Waals surface area contributed by atoms with Gasteiger partial charge in [-0.3, -0.25) is 4.98 Å². The van der Waals surface area contributed by atoms with Crippen LogP contribution in [0.3, 0.4) is 0 Å². The lowest BCUT2D eigenvalue weighted by Gasteiger charge is -2.39. The summed E-state index contributed by atoms with van der Waals surface area (Å²) in [5.74, 6) is 1.72. The maximum absolute atomic E-state index is 12.9. The quantitative estimate of drug-likeness (QED) is 0.903. The van der Waals surface area contributed by atoms with Crippen LogP contribution >= 0.6 is 0 Å². The van der Waals surface area contributed by atoms with Gasteiger partial charge in [0.05, 0.1) is 11.8 Å². The Morgan fingerprint density at radius 3 is 2.85 bits per heavy atom. The molecule has 2 aliphatic carbocycles. The first kappa shape index (κ1) is 17.3. The molecule has 138 valence electrons. The third-order valence-corrected chi connectivity index (χ3v) is 6.48. The Morgan fingerprint density at radius 2 is 2.12 bits per heavy atom. The number of amides is 2. The molecule has 1 unspecified atom stereocenters. The number of pyridine rings is 1. The number of hydrogen-bond acceptors (Lipinski definition) is 3. The summed E-state index contributed by atoms with van der Waals surface area (Å²) in [5.41, 5.74) is 0.103. The van der Waals surface area contributed by atoms with Crippen molar-refractivity contribution in [2.24, 2.45) is 11.8 Å². The van der Waals surface area contributed by atoms with Crippen molar-refractivity contribution in [3.63, 3.8) is 0 Å². The van der Waals surface area contributed by atoms with Crippen molar-refractivity contribution in [2.45, 2.75) is 62.8 Å². The maximum atomic E-state index is 12.9. The molecular weight excluding hydrogens is 324 g/mol. The topological polar surface area (TPSA) is 69.0 Å². The van der Waals surface area contributed by atoms with Crippen LogP contribution < -0.4 is 5.32 Å². The fourth-order valence-electron chi connectivity index (χ4n) is 4.85. The highest BCUT2D eigenvalue weighted by Crippen LogP contribution is 2.44. The second-order valence-corrected chi connectivity index (χ2v) is 8.34. The van der Waals surface area contributed by atoms with E-state index in [1.165, 1.54) is 25.7 Å². The van der Waals surface area contributed by atoms with E-state index in [4.69, 9.17) is 0 Å². The van der Waals surface area contributed by atoms with Crippen molar-refractivity contribution in [2.75, 3.05) is 13.1 Å². The lowest BCUT2D eigenvalue weighted by Crippen LogP contribution is -2.53. The van der Waals surface area contributed by atoms with Crippen molar-refractivity contribution >= 4 is 6.03 Å². The Morgan fingerprint density at radius 1 is 1.23 bits per heavy atom. The summed E-state index contributed by atoms with van der Waals surface area (Å²) in [4.78, 5) is 19.1. The average molecular weight is 352 g/mol. The molecule has 2 amide bonds. The van der Waals surface area contributed by atoms with Crippen LogP contribution in [0, 0.1) is 23.2 Å². The predicted molar refractivity (Wildman–Crippen MR) is 99.3 cm³/mol.